The Hall–Kier alpha value is -1.22. The number of hydrogen-bond acceptors (Lipinski definition) is 2. The molecule has 0 spiro atoms. The average molecular weight is 219 g/mol. The van der Waals surface area contributed by atoms with Crippen molar-refractivity contribution in [3.05, 3.63) is 36.0 Å². The fourth-order valence-electron chi connectivity index (χ4n) is 1.87. The molecular formula is C12H15N2S+. The second kappa shape index (κ2) is 4.11. The smallest absolute Gasteiger partial charge is 0.204 e. The van der Waals surface area contributed by atoms with Crippen LogP contribution < -0.4 is 10.5 Å². The molecule has 1 heterocycles. The molecule has 2 nitrogen and oxygen atoms in total. The highest BCUT2D eigenvalue weighted by atomic mass is 32.2. The summed E-state index contributed by atoms with van der Waals surface area (Å²) in [7, 11) is 0. The lowest BCUT2D eigenvalue weighted by Crippen LogP contribution is -2.50. The van der Waals surface area contributed by atoms with Crippen LogP contribution in [0.2, 0.25) is 0 Å². The number of aromatic nitrogens is 1. The summed E-state index contributed by atoms with van der Waals surface area (Å²) >= 11 is 1.68. The Morgan fingerprint density at radius 2 is 2.07 bits per heavy atom. The summed E-state index contributed by atoms with van der Waals surface area (Å²) < 4.78 is 1.80. The van der Waals surface area contributed by atoms with Crippen LogP contribution >= 0.6 is 11.8 Å². The molecule has 3 heteroatoms. The van der Waals surface area contributed by atoms with E-state index < -0.39 is 0 Å². The van der Waals surface area contributed by atoms with Crippen molar-refractivity contribution in [1.82, 2.24) is 0 Å². The molecule has 0 atom stereocenters. The highest BCUT2D eigenvalue weighted by Gasteiger charge is 2.16. The standard InChI is InChI=1S/C12H15N2S/c1-3-11-10-7-5-4-6-9(10)8-12(15-2)14(11)13/h4-8H,3,13H2,1-2H3/q+1. The lowest BCUT2D eigenvalue weighted by atomic mass is 10.1. The second-order valence-corrected chi connectivity index (χ2v) is 4.27. The predicted octanol–water partition coefficient (Wildman–Crippen LogP) is 2.13. The van der Waals surface area contributed by atoms with E-state index in [2.05, 4.69) is 37.3 Å². The first-order valence-electron chi connectivity index (χ1n) is 5.03. The molecule has 0 saturated carbocycles. The minimum atomic E-state index is 0.950. The van der Waals surface area contributed by atoms with Gasteiger partial charge in [0.15, 0.2) is 0 Å². The monoisotopic (exact) mass is 219 g/mol. The highest BCUT2D eigenvalue weighted by Crippen LogP contribution is 2.20. The predicted molar refractivity (Wildman–Crippen MR) is 65.5 cm³/mol. The molecule has 2 N–H and O–H groups in total. The molecule has 78 valence electrons. The van der Waals surface area contributed by atoms with E-state index in [0.29, 0.717) is 0 Å². The molecule has 0 radical (unpaired) electrons. The first kappa shape index (κ1) is 10.3. The van der Waals surface area contributed by atoms with Gasteiger partial charge in [-0.05, 0) is 17.7 Å². The van der Waals surface area contributed by atoms with Gasteiger partial charge in [-0.1, -0.05) is 41.6 Å². The summed E-state index contributed by atoms with van der Waals surface area (Å²) in [4.78, 5) is 0. The van der Waals surface area contributed by atoms with Gasteiger partial charge in [0.25, 0.3) is 5.03 Å². The molecule has 1 aromatic heterocycles. The van der Waals surface area contributed by atoms with E-state index in [-0.39, 0.29) is 0 Å². The number of thioether (sulfide) groups is 1. The summed E-state index contributed by atoms with van der Waals surface area (Å²) in [6.45, 7) is 2.13. The number of hydrogen-bond donors (Lipinski definition) is 1. The zero-order chi connectivity index (χ0) is 10.8. The van der Waals surface area contributed by atoms with E-state index in [9.17, 15) is 0 Å². The maximum Gasteiger partial charge on any atom is 0.269 e. The number of rotatable bonds is 2. The van der Waals surface area contributed by atoms with Crippen LogP contribution in [0.4, 0.5) is 0 Å². The Kier molecular flexibility index (Phi) is 2.82. The Bertz CT molecular complexity index is 494. The number of pyridine rings is 1. The van der Waals surface area contributed by atoms with Gasteiger partial charge in [-0.3, -0.25) is 0 Å². The van der Waals surface area contributed by atoms with Crippen molar-refractivity contribution < 1.29 is 4.68 Å². The van der Waals surface area contributed by atoms with Crippen molar-refractivity contribution >= 4 is 22.5 Å². The highest BCUT2D eigenvalue weighted by molar-refractivity contribution is 7.98. The van der Waals surface area contributed by atoms with Crippen molar-refractivity contribution in [3.8, 4) is 0 Å². The van der Waals surface area contributed by atoms with E-state index >= 15 is 0 Å². The fourth-order valence-corrected chi connectivity index (χ4v) is 2.42. The quantitative estimate of drug-likeness (QED) is 0.476. The molecular weight excluding hydrogens is 204 g/mol. The molecule has 1 aromatic carbocycles. The Morgan fingerprint density at radius 3 is 2.73 bits per heavy atom. The van der Waals surface area contributed by atoms with Crippen LogP contribution in [0.3, 0.4) is 0 Å². The summed E-state index contributed by atoms with van der Waals surface area (Å²) in [5.74, 6) is 6.07. The van der Waals surface area contributed by atoms with Gasteiger partial charge in [-0.2, -0.15) is 0 Å². The van der Waals surface area contributed by atoms with Crippen LogP contribution in [0.5, 0.6) is 0 Å². The van der Waals surface area contributed by atoms with Crippen molar-refractivity contribution in [2.45, 2.75) is 18.4 Å². The Labute approximate surface area is 94.1 Å². The van der Waals surface area contributed by atoms with Crippen LogP contribution in [0.15, 0.2) is 35.4 Å². The number of nitrogens with zero attached hydrogens (tertiary/aromatic N) is 1. The van der Waals surface area contributed by atoms with E-state index in [4.69, 9.17) is 5.84 Å². The van der Waals surface area contributed by atoms with Gasteiger partial charge in [0.2, 0.25) is 5.69 Å². The van der Waals surface area contributed by atoms with Crippen LogP contribution in [0, 0.1) is 0 Å². The fraction of sp³-hybridized carbons (Fsp3) is 0.250. The third-order valence-corrected chi connectivity index (χ3v) is 3.36. The van der Waals surface area contributed by atoms with E-state index in [1.165, 1.54) is 16.5 Å². The zero-order valence-electron chi connectivity index (χ0n) is 9.03. The van der Waals surface area contributed by atoms with Crippen molar-refractivity contribution in [1.29, 1.82) is 0 Å². The molecule has 0 fully saturated rings. The van der Waals surface area contributed by atoms with Gasteiger partial charge in [0.05, 0.1) is 5.39 Å². The maximum absolute atomic E-state index is 6.07. The van der Waals surface area contributed by atoms with Gasteiger partial charge in [0.1, 0.15) is 0 Å². The first-order chi connectivity index (χ1) is 7.27. The van der Waals surface area contributed by atoms with Gasteiger partial charge in [-0.25, -0.2) is 5.84 Å². The molecule has 0 bridgehead atoms. The maximum atomic E-state index is 6.07. The number of nitrogens with two attached hydrogens (primary N) is 1. The lowest BCUT2D eigenvalue weighted by Gasteiger charge is -2.04. The molecule has 0 saturated heterocycles. The largest absolute Gasteiger partial charge is 0.269 e. The minimum absolute atomic E-state index is 0.950. The van der Waals surface area contributed by atoms with Gasteiger partial charge in [-0.15, -0.1) is 0 Å². The van der Waals surface area contributed by atoms with Crippen molar-refractivity contribution in [2.75, 3.05) is 12.1 Å². The average Bonchev–Trinajstić information content (AvgIpc) is 2.28. The van der Waals surface area contributed by atoms with E-state index in [0.717, 1.165) is 11.4 Å². The molecule has 0 unspecified atom stereocenters. The number of aryl methyl sites for hydroxylation is 1. The topological polar surface area (TPSA) is 29.9 Å². The second-order valence-electron chi connectivity index (χ2n) is 3.44. The molecule has 15 heavy (non-hydrogen) atoms. The SMILES string of the molecule is CCc1c2ccccc2cc(SC)[n+]1N. The van der Waals surface area contributed by atoms with Crippen LogP contribution in [0.1, 0.15) is 12.6 Å². The summed E-state index contributed by atoms with van der Waals surface area (Å²) in [5, 5.41) is 3.62. The lowest BCUT2D eigenvalue weighted by molar-refractivity contribution is -0.683. The summed E-state index contributed by atoms with van der Waals surface area (Å²) in [5.41, 5.74) is 1.19. The van der Waals surface area contributed by atoms with Gasteiger partial charge >= 0.3 is 0 Å². The van der Waals surface area contributed by atoms with Crippen molar-refractivity contribution in [2.24, 2.45) is 0 Å². The Balaban J connectivity index is 2.83. The number of benzene rings is 1. The number of nitrogen functional groups attached to an aromatic ring is 1. The third kappa shape index (κ3) is 1.67. The van der Waals surface area contributed by atoms with Crippen LogP contribution in [-0.4, -0.2) is 6.26 Å². The van der Waals surface area contributed by atoms with Crippen LogP contribution in [0.25, 0.3) is 10.8 Å². The molecule has 0 aliphatic rings. The molecule has 0 aliphatic heterocycles. The summed E-state index contributed by atoms with van der Waals surface area (Å²) in [6.07, 6.45) is 3.00. The zero-order valence-corrected chi connectivity index (χ0v) is 9.84. The molecule has 2 rings (SSSR count). The van der Waals surface area contributed by atoms with Gasteiger partial charge < -0.3 is 0 Å². The first-order valence-corrected chi connectivity index (χ1v) is 6.26. The van der Waals surface area contributed by atoms with Crippen molar-refractivity contribution in [3.63, 3.8) is 0 Å². The van der Waals surface area contributed by atoms with E-state index in [1.807, 2.05) is 6.26 Å². The third-order valence-electron chi connectivity index (χ3n) is 2.62. The Morgan fingerprint density at radius 1 is 1.33 bits per heavy atom. The van der Waals surface area contributed by atoms with Crippen LogP contribution in [-0.2, 0) is 6.42 Å². The molecule has 0 aliphatic carbocycles. The summed E-state index contributed by atoms with van der Waals surface area (Å²) in [6, 6.07) is 10.5. The minimum Gasteiger partial charge on any atom is -0.204 e. The molecule has 2 aromatic rings. The molecule has 0 amide bonds. The normalized spacial score (nSPS) is 10.8. The van der Waals surface area contributed by atoms with Gasteiger partial charge in [0, 0.05) is 12.5 Å². The number of fused-ring (bicyclic) bond motifs is 1. The van der Waals surface area contributed by atoms with E-state index in [1.54, 1.807) is 16.4 Å².